The van der Waals surface area contributed by atoms with Crippen LogP contribution >= 0.6 is 0 Å². The summed E-state index contributed by atoms with van der Waals surface area (Å²) in [6.07, 6.45) is 24.4. The van der Waals surface area contributed by atoms with Crippen LogP contribution in [0, 0.1) is 0 Å². The Bertz CT molecular complexity index is 5330. The molecule has 3 aliphatic carbocycles. The van der Waals surface area contributed by atoms with Crippen LogP contribution < -0.4 is 9.80 Å². The quantitative estimate of drug-likeness (QED) is 0.0414. The lowest BCUT2D eigenvalue weighted by Gasteiger charge is -2.36. The third kappa shape index (κ3) is 12.9. The Kier molecular flexibility index (Phi) is 20.9. The second kappa shape index (κ2) is 32.2. The van der Waals surface area contributed by atoms with Gasteiger partial charge in [0, 0.05) is 39.0 Å². The molecule has 0 spiro atoms. The van der Waals surface area contributed by atoms with Gasteiger partial charge in [0.05, 0.1) is 33.6 Å². The summed E-state index contributed by atoms with van der Waals surface area (Å²) in [6, 6.07) is 125. The number of hydrogen-bond donors (Lipinski definition) is 0. The van der Waals surface area contributed by atoms with E-state index in [1.807, 2.05) is 24.3 Å². The molecule has 113 heavy (non-hydrogen) atoms. The zero-order chi connectivity index (χ0) is 76.9. The second-order valence-electron chi connectivity index (χ2n) is 31.3. The molecule has 17 rings (SSSR count). The Hall–Kier alpha value is -12.4. The van der Waals surface area contributed by atoms with Gasteiger partial charge in [0.2, 0.25) is 0 Å². The van der Waals surface area contributed by atoms with Crippen LogP contribution in [0.25, 0.3) is 79.9 Å². The highest BCUT2D eigenvalue weighted by atomic mass is 15.2. The molecule has 3 aliphatic rings. The molecule has 0 N–H and O–H groups in total. The van der Waals surface area contributed by atoms with Crippen molar-refractivity contribution in [3.63, 3.8) is 0 Å². The number of hydrogen-bond acceptors (Lipinski definition) is 2. The molecular weight excluding hydrogens is 1360 g/mol. The first-order valence-electron chi connectivity index (χ1n) is 41.4. The van der Waals surface area contributed by atoms with Crippen LogP contribution in [-0.2, 0) is 16.2 Å². The number of unbranched alkanes of at least 4 members (excludes halogenated alkanes) is 10. The molecule has 0 atom stereocenters. The summed E-state index contributed by atoms with van der Waals surface area (Å²) < 4.78 is 0. The summed E-state index contributed by atoms with van der Waals surface area (Å²) in [5, 5.41) is 0. The van der Waals surface area contributed by atoms with Crippen molar-refractivity contribution in [1.82, 2.24) is 0 Å². The number of anilines is 6. The van der Waals surface area contributed by atoms with Crippen LogP contribution in [0.5, 0.6) is 0 Å². The van der Waals surface area contributed by atoms with E-state index in [-0.39, 0.29) is 5.41 Å². The molecule has 0 bridgehead atoms. The van der Waals surface area contributed by atoms with Gasteiger partial charge in [0.1, 0.15) is 0 Å². The van der Waals surface area contributed by atoms with Gasteiger partial charge < -0.3 is 9.80 Å². The number of benzene rings is 14. The first-order chi connectivity index (χ1) is 55.8. The molecule has 14 aromatic carbocycles. The largest absolute Gasteiger partial charge is 0.309 e. The summed E-state index contributed by atoms with van der Waals surface area (Å²) in [4.78, 5) is 5.31. The summed E-state index contributed by atoms with van der Waals surface area (Å²) >= 11 is 0. The van der Waals surface area contributed by atoms with E-state index in [0.717, 1.165) is 82.1 Å². The van der Waals surface area contributed by atoms with Crippen LogP contribution in [0.1, 0.15) is 182 Å². The van der Waals surface area contributed by atoms with Crippen molar-refractivity contribution in [2.24, 2.45) is 0 Å². The van der Waals surface area contributed by atoms with Gasteiger partial charge in [0.25, 0.3) is 0 Å². The standard InChI is InChI=1S/C111H100N2/c1-7-13-15-17-19-35-75-109(76-36-20-18-16-14-8-2)101-77-89(112(103-51-33-29-43-91(103)83-39-23-21-24-40-83)105-53-37-49-99-107(105)95-45-27-31-47-97(95)110(99,85-63-55-79(9-3)56-64-85)86-65-57-80(10-4)58-66-86)71-73-93(101)94-74-72-90(78-102(94)109)113(104-52-34-30-44-92(104)84-41-25-22-26-42-84)106-54-38-50-100-108(106)96-46-28-32-48-98(96)111(100,87-67-59-81(11-5)60-68-87)88-69-61-82(12-6)62-70-88/h9-12,21-34,37-74,77-78H,3-8,13-20,35-36,75-76H2,1-2H3. The van der Waals surface area contributed by atoms with Crippen LogP contribution in [0.4, 0.5) is 34.1 Å². The van der Waals surface area contributed by atoms with E-state index in [9.17, 15) is 0 Å². The predicted octanol–water partition coefficient (Wildman–Crippen LogP) is 31.0. The second-order valence-corrected chi connectivity index (χ2v) is 31.3. The topological polar surface area (TPSA) is 6.48 Å². The van der Waals surface area contributed by atoms with Crippen LogP contribution in [0.3, 0.4) is 0 Å². The molecule has 0 saturated carbocycles. The Morgan fingerprint density at radius 1 is 0.248 bits per heavy atom. The molecule has 554 valence electrons. The Labute approximate surface area is 671 Å². The lowest BCUT2D eigenvalue weighted by Crippen LogP contribution is -2.28. The number of nitrogens with zero attached hydrogens (tertiary/aromatic N) is 2. The minimum Gasteiger partial charge on any atom is -0.309 e. The lowest BCUT2D eigenvalue weighted by atomic mass is 9.67. The van der Waals surface area contributed by atoms with E-state index in [2.05, 4.69) is 378 Å². The third-order valence-electron chi connectivity index (χ3n) is 25.1. The molecule has 2 heteroatoms. The first kappa shape index (κ1) is 73.4. The molecule has 2 nitrogen and oxygen atoms in total. The fourth-order valence-electron chi connectivity index (χ4n) is 19.7. The summed E-state index contributed by atoms with van der Waals surface area (Å²) in [6.45, 7) is 21.5. The zero-order valence-electron chi connectivity index (χ0n) is 65.6. The normalized spacial score (nSPS) is 13.4. The Morgan fingerprint density at radius 2 is 0.549 bits per heavy atom. The van der Waals surface area contributed by atoms with Crippen molar-refractivity contribution in [2.45, 2.75) is 120 Å². The Balaban J connectivity index is 0.920. The van der Waals surface area contributed by atoms with Crippen molar-refractivity contribution in [1.29, 1.82) is 0 Å². The molecule has 0 fully saturated rings. The molecule has 0 aromatic heterocycles. The minimum absolute atomic E-state index is 0.368. The molecule has 0 heterocycles. The molecule has 0 aliphatic heterocycles. The lowest BCUT2D eigenvalue weighted by molar-refractivity contribution is 0.398. The predicted molar refractivity (Wildman–Crippen MR) is 484 cm³/mol. The van der Waals surface area contributed by atoms with E-state index in [4.69, 9.17) is 0 Å². The van der Waals surface area contributed by atoms with Crippen molar-refractivity contribution in [2.75, 3.05) is 9.80 Å². The SMILES string of the molecule is C=Cc1ccc(C2(c3ccc(C=C)cc3)c3ccccc3-c3c(N(c4ccc5c(c4)C(CCCCCCCC)(CCCCCCCC)c4cc(N(c6ccccc6-c6ccccc6)c6cccc7c6-c6ccccc6C7(c6ccc(C=C)cc6)c6ccc(C=C)cc6)ccc4-5)c4ccccc4-c4ccccc4)cccc32)cc1. The Morgan fingerprint density at radius 3 is 0.903 bits per heavy atom. The van der Waals surface area contributed by atoms with Crippen LogP contribution in [0.15, 0.2) is 354 Å². The maximum Gasteiger partial charge on any atom is 0.0714 e. The molecule has 0 saturated heterocycles. The maximum absolute atomic E-state index is 4.21. The van der Waals surface area contributed by atoms with E-state index in [0.29, 0.717) is 0 Å². The molecular formula is C111H100N2. The molecule has 0 unspecified atom stereocenters. The fraction of sp³-hybridized carbons (Fsp3) is 0.171. The van der Waals surface area contributed by atoms with Gasteiger partial charge in [-0.05, 0) is 173 Å². The van der Waals surface area contributed by atoms with Gasteiger partial charge in [-0.3, -0.25) is 0 Å². The molecule has 0 amide bonds. The zero-order valence-corrected chi connectivity index (χ0v) is 65.6. The van der Waals surface area contributed by atoms with Crippen molar-refractivity contribution < 1.29 is 0 Å². The highest BCUT2D eigenvalue weighted by Crippen LogP contribution is 2.64. The van der Waals surface area contributed by atoms with Crippen LogP contribution in [0.2, 0.25) is 0 Å². The number of para-hydroxylation sites is 2. The van der Waals surface area contributed by atoms with E-state index >= 15 is 0 Å². The van der Waals surface area contributed by atoms with Gasteiger partial charge in [-0.2, -0.15) is 0 Å². The average molecular weight is 1460 g/mol. The minimum atomic E-state index is -0.677. The van der Waals surface area contributed by atoms with Crippen molar-refractivity contribution in [3.05, 3.63) is 432 Å². The monoisotopic (exact) mass is 1460 g/mol. The number of rotatable bonds is 30. The van der Waals surface area contributed by atoms with Gasteiger partial charge in [-0.1, -0.05) is 421 Å². The summed E-state index contributed by atoms with van der Waals surface area (Å²) in [5.41, 5.74) is 34.4. The molecule has 14 aromatic rings. The van der Waals surface area contributed by atoms with E-state index in [1.165, 1.54) is 175 Å². The van der Waals surface area contributed by atoms with Crippen molar-refractivity contribution in [3.8, 4) is 55.6 Å². The van der Waals surface area contributed by atoms with Gasteiger partial charge >= 0.3 is 0 Å². The average Bonchev–Trinajstić information content (AvgIpc) is 1.54. The van der Waals surface area contributed by atoms with Gasteiger partial charge in [-0.15, -0.1) is 0 Å². The third-order valence-corrected chi connectivity index (χ3v) is 25.1. The fourth-order valence-corrected chi connectivity index (χ4v) is 19.7. The van der Waals surface area contributed by atoms with Gasteiger partial charge in [0.15, 0.2) is 0 Å². The van der Waals surface area contributed by atoms with E-state index < -0.39 is 10.8 Å². The maximum atomic E-state index is 4.21. The van der Waals surface area contributed by atoms with Crippen LogP contribution in [-0.4, -0.2) is 0 Å². The summed E-state index contributed by atoms with van der Waals surface area (Å²) in [7, 11) is 0. The van der Waals surface area contributed by atoms with Gasteiger partial charge in [-0.25, -0.2) is 0 Å². The smallest absolute Gasteiger partial charge is 0.0714 e. The highest BCUT2D eigenvalue weighted by molar-refractivity contribution is 6.03. The highest BCUT2D eigenvalue weighted by Gasteiger charge is 2.51. The molecule has 0 radical (unpaired) electrons. The summed E-state index contributed by atoms with van der Waals surface area (Å²) in [5.74, 6) is 0. The number of fused-ring (bicyclic) bond motifs is 9. The van der Waals surface area contributed by atoms with E-state index in [1.54, 1.807) is 0 Å². The van der Waals surface area contributed by atoms with Crippen molar-refractivity contribution >= 4 is 58.4 Å². The first-order valence-corrected chi connectivity index (χ1v) is 41.4.